The minimum absolute atomic E-state index is 0.0413. The van der Waals surface area contributed by atoms with Crippen LogP contribution in [0.1, 0.15) is 12.8 Å². The maximum atomic E-state index is 12.8. The lowest BCUT2D eigenvalue weighted by molar-refractivity contribution is -0.144. The Morgan fingerprint density at radius 2 is 1.96 bits per heavy atom. The number of aliphatic carboxylic acids is 2. The Kier molecular flexibility index (Phi) is 8.74. The summed E-state index contributed by atoms with van der Waals surface area (Å²) in [5, 5.41) is 36.2. The molecule has 1 heterocycles. The molecule has 28 heavy (non-hydrogen) atoms. The van der Waals surface area contributed by atoms with E-state index in [2.05, 4.69) is 0 Å². The van der Waals surface area contributed by atoms with Crippen LogP contribution in [0.15, 0.2) is 0 Å². The van der Waals surface area contributed by atoms with Crippen molar-refractivity contribution in [1.29, 1.82) is 0 Å². The first-order valence-electron chi connectivity index (χ1n) is 8.54. The van der Waals surface area contributed by atoms with Crippen molar-refractivity contribution in [2.75, 3.05) is 32.9 Å². The molecule has 15 heteroatoms. The summed E-state index contributed by atoms with van der Waals surface area (Å²) >= 11 is 0. The molecule has 1 aliphatic rings. The number of carboxylic acids is 2. The van der Waals surface area contributed by atoms with Crippen molar-refractivity contribution < 1.29 is 42.7 Å². The number of alkyl halides is 1. The minimum atomic E-state index is -4.43. The van der Waals surface area contributed by atoms with Gasteiger partial charge in [-0.25, -0.2) is 4.39 Å². The molecule has 0 aromatic rings. The van der Waals surface area contributed by atoms with E-state index in [4.69, 9.17) is 26.6 Å². The quantitative estimate of drug-likeness (QED) is 0.172. The highest BCUT2D eigenvalue weighted by Gasteiger charge is 2.53. The molecule has 162 valence electrons. The number of carbonyl (C=O) groups is 2. The number of halogens is 1. The van der Waals surface area contributed by atoms with Gasteiger partial charge in [0.25, 0.3) is 10.2 Å². The Balaban J connectivity index is 3.05. The smallest absolute Gasteiger partial charge is 0.451 e. The van der Waals surface area contributed by atoms with Crippen molar-refractivity contribution in [3.8, 4) is 0 Å². The highest BCUT2D eigenvalue weighted by molar-refractivity contribution is 7.86. The Labute approximate surface area is 162 Å². The summed E-state index contributed by atoms with van der Waals surface area (Å²) in [6, 6.07) is -1.59. The average molecular weight is 428 g/mol. The number of rotatable bonds is 12. The van der Waals surface area contributed by atoms with Gasteiger partial charge in [0.15, 0.2) is 0 Å². The van der Waals surface area contributed by atoms with Gasteiger partial charge in [0.2, 0.25) is 0 Å². The first-order valence-corrected chi connectivity index (χ1v) is 9.94. The van der Waals surface area contributed by atoms with Crippen LogP contribution in [0, 0.1) is 5.92 Å². The van der Waals surface area contributed by atoms with E-state index in [1.807, 2.05) is 0 Å². The van der Waals surface area contributed by atoms with E-state index in [0.717, 1.165) is 4.31 Å². The highest BCUT2D eigenvalue weighted by atomic mass is 32.2. The predicted molar refractivity (Wildman–Crippen MR) is 95.9 cm³/mol. The first kappa shape index (κ1) is 24.7. The third-order valence-electron chi connectivity index (χ3n) is 4.71. The van der Waals surface area contributed by atoms with E-state index in [0.29, 0.717) is 4.31 Å². The molecule has 8 N–H and O–H groups in total. The molecule has 0 aromatic heterocycles. The Morgan fingerprint density at radius 1 is 1.36 bits per heavy atom. The Hall–Kier alpha value is -1.36. The number of nitrogens with two attached hydrogens (primary N) is 2. The monoisotopic (exact) mass is 428 g/mol. The summed E-state index contributed by atoms with van der Waals surface area (Å²) in [6.07, 6.45) is 0.269. The second kappa shape index (κ2) is 9.91. The zero-order valence-electron chi connectivity index (χ0n) is 15.1. The summed E-state index contributed by atoms with van der Waals surface area (Å²) in [5.41, 5.74) is 9.36. The first-order chi connectivity index (χ1) is 12.9. The van der Waals surface area contributed by atoms with Gasteiger partial charge in [-0.3, -0.25) is 9.59 Å². The fourth-order valence-corrected chi connectivity index (χ4v) is 4.78. The Bertz CT molecular complexity index is 669. The molecule has 1 saturated heterocycles. The number of hydrogen-bond acceptors (Lipinski definition) is 8. The SMILES string of the molecule is NC(CN(CCF)S(=O)(=O)N1C[C@H](CCCB(O)O)[C@](N)(C(=O)O)C1)C(=O)O. The van der Waals surface area contributed by atoms with E-state index in [-0.39, 0.29) is 25.7 Å². The van der Waals surface area contributed by atoms with Crippen LogP contribution >= 0.6 is 0 Å². The van der Waals surface area contributed by atoms with Crippen molar-refractivity contribution in [3.63, 3.8) is 0 Å². The van der Waals surface area contributed by atoms with Crippen LogP contribution in [0.25, 0.3) is 0 Å². The van der Waals surface area contributed by atoms with Crippen molar-refractivity contribution in [1.82, 2.24) is 8.61 Å². The van der Waals surface area contributed by atoms with Crippen LogP contribution < -0.4 is 11.5 Å². The second-order valence-corrected chi connectivity index (χ2v) is 8.67. The molecule has 0 spiro atoms. The summed E-state index contributed by atoms with van der Waals surface area (Å²) in [4.78, 5) is 22.6. The zero-order valence-corrected chi connectivity index (χ0v) is 16.0. The van der Waals surface area contributed by atoms with Gasteiger partial charge < -0.3 is 31.7 Å². The van der Waals surface area contributed by atoms with Crippen LogP contribution in [0.5, 0.6) is 0 Å². The van der Waals surface area contributed by atoms with Gasteiger partial charge >= 0.3 is 19.1 Å². The molecule has 0 saturated carbocycles. The van der Waals surface area contributed by atoms with E-state index in [9.17, 15) is 27.5 Å². The van der Waals surface area contributed by atoms with E-state index in [1.165, 1.54) is 0 Å². The van der Waals surface area contributed by atoms with Gasteiger partial charge in [0.1, 0.15) is 18.3 Å². The zero-order chi connectivity index (χ0) is 21.7. The van der Waals surface area contributed by atoms with Gasteiger partial charge in [-0.2, -0.15) is 17.0 Å². The van der Waals surface area contributed by atoms with Crippen LogP contribution in [0.2, 0.25) is 6.32 Å². The molecule has 12 nitrogen and oxygen atoms in total. The van der Waals surface area contributed by atoms with Gasteiger partial charge in [-0.1, -0.05) is 6.42 Å². The molecule has 3 atom stereocenters. The predicted octanol–water partition coefficient (Wildman–Crippen LogP) is -3.12. The number of carboxylic acid groups (broad SMARTS) is 2. The third kappa shape index (κ3) is 5.82. The lowest BCUT2D eigenvalue weighted by Crippen LogP contribution is -2.56. The third-order valence-corrected chi connectivity index (χ3v) is 6.62. The van der Waals surface area contributed by atoms with Crippen LogP contribution in [-0.2, 0) is 19.8 Å². The normalized spacial score (nSPS) is 24.4. The molecule has 0 aliphatic carbocycles. The van der Waals surface area contributed by atoms with Crippen molar-refractivity contribution in [2.45, 2.75) is 30.7 Å². The standard InChI is InChI=1S/C13H26BFN4O8S/c15-4-5-18(7-10(16)11(20)21)28(26,27)19-6-9(2-1-3-14(24)25)13(17,8-19)12(22)23/h9-10,24-25H,1-8,16-17H2,(H,20,21)(H,22,23)/t9-,10?,13-/m0/s1. The number of hydrogen-bond donors (Lipinski definition) is 6. The molecule has 0 amide bonds. The van der Waals surface area contributed by atoms with Gasteiger partial charge in [-0.15, -0.1) is 0 Å². The maximum Gasteiger partial charge on any atom is 0.451 e. The summed E-state index contributed by atoms with van der Waals surface area (Å²) in [5.74, 6) is -3.74. The van der Waals surface area contributed by atoms with E-state index >= 15 is 0 Å². The molecule has 1 rings (SSSR count). The molecule has 1 unspecified atom stereocenters. The molecule has 0 radical (unpaired) electrons. The van der Waals surface area contributed by atoms with Crippen molar-refractivity contribution >= 4 is 29.3 Å². The number of nitrogens with zero attached hydrogens (tertiary/aromatic N) is 2. The molecule has 1 fully saturated rings. The Morgan fingerprint density at radius 3 is 2.43 bits per heavy atom. The van der Waals surface area contributed by atoms with E-state index in [1.54, 1.807) is 0 Å². The largest absolute Gasteiger partial charge is 0.480 e. The van der Waals surface area contributed by atoms with Crippen molar-refractivity contribution in [3.05, 3.63) is 0 Å². The molecule has 1 aliphatic heterocycles. The molecular weight excluding hydrogens is 402 g/mol. The molecule has 0 aromatic carbocycles. The van der Waals surface area contributed by atoms with Crippen molar-refractivity contribution in [2.24, 2.45) is 17.4 Å². The van der Waals surface area contributed by atoms with Gasteiger partial charge in [0, 0.05) is 32.1 Å². The van der Waals surface area contributed by atoms with Crippen LogP contribution in [0.3, 0.4) is 0 Å². The lowest BCUT2D eigenvalue weighted by Gasteiger charge is -2.28. The maximum absolute atomic E-state index is 12.8. The van der Waals surface area contributed by atoms with E-state index < -0.39 is 73.1 Å². The fraction of sp³-hybridized carbons (Fsp3) is 0.846. The summed E-state index contributed by atoms with van der Waals surface area (Å²) in [7, 11) is -6.02. The van der Waals surface area contributed by atoms with Gasteiger partial charge in [0.05, 0.1) is 0 Å². The van der Waals surface area contributed by atoms with Gasteiger partial charge in [-0.05, 0) is 12.7 Å². The second-order valence-electron chi connectivity index (χ2n) is 6.75. The molecule has 0 bridgehead atoms. The minimum Gasteiger partial charge on any atom is -0.480 e. The van der Waals surface area contributed by atoms with Crippen LogP contribution in [0.4, 0.5) is 4.39 Å². The topological polar surface area (TPSA) is 208 Å². The fourth-order valence-electron chi connectivity index (χ4n) is 3.06. The highest BCUT2D eigenvalue weighted by Crippen LogP contribution is 2.33. The lowest BCUT2D eigenvalue weighted by atomic mass is 9.78. The average Bonchev–Trinajstić information content (AvgIpc) is 2.93. The summed E-state index contributed by atoms with van der Waals surface area (Å²) in [6.45, 7) is -3.32. The summed E-state index contributed by atoms with van der Waals surface area (Å²) < 4.78 is 39.8. The van der Waals surface area contributed by atoms with Crippen LogP contribution in [-0.4, -0.2) is 101 Å². The molecular formula is C13H26BFN4O8S.